The van der Waals surface area contributed by atoms with E-state index in [-0.39, 0.29) is 5.92 Å². The van der Waals surface area contributed by atoms with Crippen LogP contribution in [0.2, 0.25) is 0 Å². The van der Waals surface area contributed by atoms with E-state index in [1.807, 2.05) is 12.1 Å². The Kier molecular flexibility index (Phi) is 7.74. The van der Waals surface area contributed by atoms with E-state index in [0.29, 0.717) is 0 Å². The number of rotatable bonds is 9. The molecule has 158 valence electrons. The van der Waals surface area contributed by atoms with Crippen LogP contribution in [0.4, 0.5) is 5.69 Å². The minimum atomic E-state index is -0.586. The topological polar surface area (TPSA) is 78.1 Å². The van der Waals surface area contributed by atoms with Crippen molar-refractivity contribution >= 4 is 5.69 Å². The second-order valence-electron chi connectivity index (χ2n) is 9.17. The van der Waals surface area contributed by atoms with Gasteiger partial charge in [0.1, 0.15) is 0 Å². The van der Waals surface area contributed by atoms with E-state index < -0.39 is 5.66 Å². The van der Waals surface area contributed by atoms with Gasteiger partial charge in [-0.15, -0.1) is 0 Å². The summed E-state index contributed by atoms with van der Waals surface area (Å²) in [5.74, 6) is 1.01. The predicted molar refractivity (Wildman–Crippen MR) is 125 cm³/mol. The van der Waals surface area contributed by atoms with Gasteiger partial charge in [0, 0.05) is 11.6 Å². The Morgan fingerprint density at radius 3 is 2.14 bits per heavy atom. The molecule has 0 aromatic heterocycles. The first-order valence-corrected chi connectivity index (χ1v) is 11.5. The zero-order chi connectivity index (χ0) is 20.7. The number of benzene rings is 2. The number of hydrogen-bond donors (Lipinski definition) is 3. The van der Waals surface area contributed by atoms with Crippen molar-refractivity contribution in [2.75, 3.05) is 5.73 Å². The van der Waals surface area contributed by atoms with Crippen LogP contribution < -0.4 is 17.2 Å². The Balaban J connectivity index is 1.59. The van der Waals surface area contributed by atoms with E-state index >= 15 is 0 Å². The minimum absolute atomic E-state index is 0.252. The van der Waals surface area contributed by atoms with Crippen molar-refractivity contribution in [3.63, 3.8) is 0 Å². The molecule has 3 rings (SSSR count). The van der Waals surface area contributed by atoms with Gasteiger partial charge in [0.05, 0.1) is 5.66 Å². The van der Waals surface area contributed by atoms with Crippen molar-refractivity contribution in [1.82, 2.24) is 0 Å². The molecule has 0 radical (unpaired) electrons. The second kappa shape index (κ2) is 10.3. The van der Waals surface area contributed by atoms with Gasteiger partial charge in [0.2, 0.25) is 0 Å². The Hall–Kier alpha value is -1.84. The molecule has 2 aromatic carbocycles. The molecular weight excluding hydrogens is 354 g/mol. The molecule has 6 N–H and O–H groups in total. The molecule has 3 heteroatoms. The highest BCUT2D eigenvalue weighted by molar-refractivity contribution is 5.41. The van der Waals surface area contributed by atoms with Crippen molar-refractivity contribution in [3.05, 3.63) is 65.2 Å². The summed E-state index contributed by atoms with van der Waals surface area (Å²) in [5, 5.41) is 0. The van der Waals surface area contributed by atoms with Crippen molar-refractivity contribution < 1.29 is 0 Å². The molecule has 0 amide bonds. The Morgan fingerprint density at radius 1 is 0.862 bits per heavy atom. The summed E-state index contributed by atoms with van der Waals surface area (Å²) >= 11 is 0. The summed E-state index contributed by atoms with van der Waals surface area (Å²) in [7, 11) is 0. The molecule has 2 aromatic rings. The zero-order valence-corrected chi connectivity index (χ0v) is 18.1. The van der Waals surface area contributed by atoms with E-state index in [1.54, 1.807) is 0 Å². The molecule has 1 aliphatic rings. The van der Waals surface area contributed by atoms with E-state index in [2.05, 4.69) is 43.3 Å². The first-order valence-electron chi connectivity index (χ1n) is 11.5. The number of nitrogens with two attached hydrogens (primary N) is 3. The van der Waals surface area contributed by atoms with E-state index in [9.17, 15) is 0 Å². The second-order valence-corrected chi connectivity index (χ2v) is 9.17. The van der Waals surface area contributed by atoms with Gasteiger partial charge in [0.15, 0.2) is 0 Å². The van der Waals surface area contributed by atoms with Gasteiger partial charge < -0.3 is 17.2 Å². The first kappa shape index (κ1) is 21.9. The summed E-state index contributed by atoms with van der Waals surface area (Å²) in [5.41, 5.74) is 23.0. The third kappa shape index (κ3) is 6.32. The van der Waals surface area contributed by atoms with E-state index in [1.165, 1.54) is 61.6 Å². The van der Waals surface area contributed by atoms with Crippen LogP contribution in [0.5, 0.6) is 0 Å². The smallest absolute Gasteiger partial charge is 0.0707 e. The van der Waals surface area contributed by atoms with Crippen LogP contribution in [0.25, 0.3) is 0 Å². The molecule has 3 nitrogen and oxygen atoms in total. The van der Waals surface area contributed by atoms with Gasteiger partial charge in [-0.25, -0.2) is 0 Å². The average Bonchev–Trinajstić information content (AvgIpc) is 2.71. The monoisotopic (exact) mass is 393 g/mol. The number of anilines is 1. The summed E-state index contributed by atoms with van der Waals surface area (Å²) < 4.78 is 0. The number of nitrogen functional groups attached to an aromatic ring is 1. The van der Waals surface area contributed by atoms with Crippen LogP contribution in [0, 0.1) is 5.92 Å². The molecule has 0 bridgehead atoms. The van der Waals surface area contributed by atoms with Crippen LogP contribution in [0.3, 0.4) is 0 Å². The standard InChI is InChI=1S/C26H39N3/c1-2-3-4-5-6-7-20-16-17-26(28,29)25(19-20)23-12-8-21(9-13-23)18-22-10-14-24(27)15-11-22/h8-15,20,25H,2-7,16-19,27-29H2,1H3. The SMILES string of the molecule is CCCCCCCC1CCC(N)(N)C(c2ccc(Cc3ccc(N)cc3)cc2)C1. The molecule has 0 heterocycles. The molecule has 0 saturated heterocycles. The number of unbranched alkanes of at least 4 members (excludes halogenated alkanes) is 4. The highest BCUT2D eigenvalue weighted by Crippen LogP contribution is 2.41. The lowest BCUT2D eigenvalue weighted by molar-refractivity contribution is 0.191. The summed E-state index contributed by atoms with van der Waals surface area (Å²) in [4.78, 5) is 0. The lowest BCUT2D eigenvalue weighted by Gasteiger charge is -2.42. The van der Waals surface area contributed by atoms with E-state index in [4.69, 9.17) is 17.2 Å². The average molecular weight is 394 g/mol. The fourth-order valence-corrected chi connectivity index (χ4v) is 4.78. The van der Waals surface area contributed by atoms with Crippen LogP contribution >= 0.6 is 0 Å². The summed E-state index contributed by atoms with van der Waals surface area (Å²) in [6.45, 7) is 2.27. The van der Waals surface area contributed by atoms with Gasteiger partial charge in [-0.1, -0.05) is 81.8 Å². The Labute approximate surface area is 177 Å². The molecular formula is C26H39N3. The molecule has 1 aliphatic carbocycles. The van der Waals surface area contributed by atoms with Crippen LogP contribution in [0.1, 0.15) is 87.3 Å². The number of hydrogen-bond acceptors (Lipinski definition) is 3. The van der Waals surface area contributed by atoms with Crippen LogP contribution in [-0.2, 0) is 6.42 Å². The molecule has 1 fully saturated rings. The zero-order valence-electron chi connectivity index (χ0n) is 18.1. The molecule has 2 unspecified atom stereocenters. The van der Waals surface area contributed by atoms with E-state index in [0.717, 1.165) is 30.9 Å². The van der Waals surface area contributed by atoms with Gasteiger partial charge in [0.25, 0.3) is 0 Å². The van der Waals surface area contributed by atoms with Gasteiger partial charge in [-0.3, -0.25) is 0 Å². The van der Waals surface area contributed by atoms with Crippen LogP contribution in [-0.4, -0.2) is 5.66 Å². The summed E-state index contributed by atoms with van der Waals surface area (Å²) in [6.07, 6.45) is 12.2. The van der Waals surface area contributed by atoms with Gasteiger partial charge >= 0.3 is 0 Å². The fraction of sp³-hybridized carbons (Fsp3) is 0.538. The Morgan fingerprint density at radius 2 is 1.48 bits per heavy atom. The maximum absolute atomic E-state index is 6.55. The normalized spacial score (nSPS) is 21.2. The third-order valence-corrected chi connectivity index (χ3v) is 6.69. The quantitative estimate of drug-likeness (QED) is 0.290. The minimum Gasteiger partial charge on any atom is -0.399 e. The van der Waals surface area contributed by atoms with Crippen molar-refractivity contribution in [2.45, 2.75) is 82.7 Å². The van der Waals surface area contributed by atoms with Crippen molar-refractivity contribution in [3.8, 4) is 0 Å². The van der Waals surface area contributed by atoms with Gasteiger partial charge in [-0.2, -0.15) is 0 Å². The fourth-order valence-electron chi connectivity index (χ4n) is 4.78. The summed E-state index contributed by atoms with van der Waals surface area (Å²) in [6, 6.07) is 17.1. The highest BCUT2D eigenvalue weighted by atomic mass is 15.0. The third-order valence-electron chi connectivity index (χ3n) is 6.69. The van der Waals surface area contributed by atoms with Crippen molar-refractivity contribution in [2.24, 2.45) is 17.4 Å². The molecule has 2 atom stereocenters. The molecule has 29 heavy (non-hydrogen) atoms. The lowest BCUT2D eigenvalue weighted by atomic mass is 9.70. The maximum Gasteiger partial charge on any atom is 0.0707 e. The molecule has 1 saturated carbocycles. The van der Waals surface area contributed by atoms with Gasteiger partial charge in [-0.05, 0) is 60.4 Å². The maximum atomic E-state index is 6.55. The largest absolute Gasteiger partial charge is 0.399 e. The molecule has 0 spiro atoms. The van der Waals surface area contributed by atoms with Crippen LogP contribution in [0.15, 0.2) is 48.5 Å². The molecule has 0 aliphatic heterocycles. The van der Waals surface area contributed by atoms with Crippen molar-refractivity contribution in [1.29, 1.82) is 0 Å². The Bertz CT molecular complexity index is 734. The first-order chi connectivity index (χ1) is 14.0. The highest BCUT2D eigenvalue weighted by Gasteiger charge is 2.38. The predicted octanol–water partition coefficient (Wildman–Crippen LogP) is 5.72. The lowest BCUT2D eigenvalue weighted by Crippen LogP contribution is -2.56.